The molecule has 6 nitrogen and oxygen atoms in total. The zero-order valence-corrected chi connectivity index (χ0v) is 7.14. The van der Waals surface area contributed by atoms with Crippen molar-refractivity contribution in [1.82, 2.24) is 20.2 Å². The summed E-state index contributed by atoms with van der Waals surface area (Å²) in [5, 5.41) is 6.29. The van der Waals surface area contributed by atoms with Crippen molar-refractivity contribution in [2.24, 2.45) is 5.73 Å². The fourth-order valence-corrected chi connectivity index (χ4v) is 1.00. The average molecular weight is 189 g/mol. The first-order valence-corrected chi connectivity index (χ1v) is 3.90. The van der Waals surface area contributed by atoms with E-state index in [4.69, 9.17) is 5.73 Å². The molecule has 0 bridgehead atoms. The van der Waals surface area contributed by atoms with Crippen LogP contribution in [0.3, 0.4) is 0 Å². The third-order valence-electron chi connectivity index (χ3n) is 1.66. The maximum atomic E-state index is 10.7. The van der Waals surface area contributed by atoms with E-state index in [1.54, 1.807) is 24.5 Å². The monoisotopic (exact) mass is 189 g/mol. The SMILES string of the molecule is NC(=O)c1nc(-c2ccncc2)n[nH]1. The number of pyridine rings is 1. The Balaban J connectivity index is 2.39. The molecule has 0 aromatic carbocycles. The predicted molar refractivity (Wildman–Crippen MR) is 48.1 cm³/mol. The number of amides is 1. The Hall–Kier alpha value is -2.24. The summed E-state index contributed by atoms with van der Waals surface area (Å²) in [6, 6.07) is 3.49. The van der Waals surface area contributed by atoms with Crippen molar-refractivity contribution in [3.05, 3.63) is 30.4 Å². The molecule has 0 spiro atoms. The number of H-pyrrole nitrogens is 1. The maximum absolute atomic E-state index is 10.7. The molecule has 1 amide bonds. The van der Waals surface area contributed by atoms with Gasteiger partial charge in [-0.05, 0) is 12.1 Å². The first-order valence-electron chi connectivity index (χ1n) is 3.90. The van der Waals surface area contributed by atoms with Gasteiger partial charge in [-0.15, -0.1) is 0 Å². The van der Waals surface area contributed by atoms with Crippen LogP contribution >= 0.6 is 0 Å². The highest BCUT2D eigenvalue weighted by Crippen LogP contribution is 2.11. The van der Waals surface area contributed by atoms with Gasteiger partial charge in [-0.3, -0.25) is 14.9 Å². The molecule has 0 fully saturated rings. The summed E-state index contributed by atoms with van der Waals surface area (Å²) < 4.78 is 0. The molecule has 0 aliphatic carbocycles. The van der Waals surface area contributed by atoms with Gasteiger partial charge < -0.3 is 5.73 Å². The first-order chi connectivity index (χ1) is 6.77. The molecule has 0 saturated heterocycles. The number of nitrogens with two attached hydrogens (primary N) is 1. The van der Waals surface area contributed by atoms with E-state index in [-0.39, 0.29) is 5.82 Å². The van der Waals surface area contributed by atoms with Gasteiger partial charge in [0.15, 0.2) is 5.82 Å². The normalized spacial score (nSPS) is 10.0. The zero-order valence-electron chi connectivity index (χ0n) is 7.14. The first kappa shape index (κ1) is 8.36. The van der Waals surface area contributed by atoms with Gasteiger partial charge in [0.25, 0.3) is 5.91 Å². The molecule has 6 heteroatoms. The summed E-state index contributed by atoms with van der Waals surface area (Å²) in [6.45, 7) is 0. The number of nitrogens with one attached hydrogen (secondary N) is 1. The van der Waals surface area contributed by atoms with E-state index in [1.807, 2.05) is 0 Å². The molecular weight excluding hydrogens is 182 g/mol. The van der Waals surface area contributed by atoms with Gasteiger partial charge in [-0.25, -0.2) is 4.98 Å². The second-order valence-corrected chi connectivity index (χ2v) is 2.61. The van der Waals surface area contributed by atoms with Gasteiger partial charge in [0.05, 0.1) is 0 Å². The highest BCUT2D eigenvalue weighted by Gasteiger charge is 2.08. The summed E-state index contributed by atoms with van der Waals surface area (Å²) in [6.07, 6.45) is 3.24. The van der Waals surface area contributed by atoms with Crippen molar-refractivity contribution in [3.8, 4) is 11.4 Å². The number of rotatable bonds is 2. The lowest BCUT2D eigenvalue weighted by atomic mass is 10.2. The zero-order chi connectivity index (χ0) is 9.97. The van der Waals surface area contributed by atoms with E-state index in [0.29, 0.717) is 5.82 Å². The Morgan fingerprint density at radius 2 is 2.07 bits per heavy atom. The minimum absolute atomic E-state index is 0.0526. The standard InChI is InChI=1S/C8H7N5O/c9-6(14)8-11-7(12-13-8)5-1-3-10-4-2-5/h1-4H,(H2,9,14)(H,11,12,13). The molecule has 2 aromatic heterocycles. The molecule has 2 rings (SSSR count). The number of hydrogen-bond acceptors (Lipinski definition) is 4. The van der Waals surface area contributed by atoms with E-state index in [1.165, 1.54) is 0 Å². The number of aromatic nitrogens is 4. The van der Waals surface area contributed by atoms with Gasteiger partial charge in [-0.1, -0.05) is 0 Å². The molecule has 14 heavy (non-hydrogen) atoms. The van der Waals surface area contributed by atoms with Crippen molar-refractivity contribution in [2.45, 2.75) is 0 Å². The van der Waals surface area contributed by atoms with E-state index in [0.717, 1.165) is 5.56 Å². The van der Waals surface area contributed by atoms with Crippen LogP contribution < -0.4 is 5.73 Å². The van der Waals surface area contributed by atoms with Gasteiger partial charge in [0, 0.05) is 18.0 Å². The van der Waals surface area contributed by atoms with Crippen molar-refractivity contribution in [2.75, 3.05) is 0 Å². The summed E-state index contributed by atoms with van der Waals surface area (Å²) in [4.78, 5) is 18.5. The molecule has 3 N–H and O–H groups in total. The van der Waals surface area contributed by atoms with Gasteiger partial charge in [-0.2, -0.15) is 5.10 Å². The molecule has 0 aliphatic rings. The number of primary amides is 1. The molecule has 0 unspecified atom stereocenters. The van der Waals surface area contributed by atoms with Crippen molar-refractivity contribution in [1.29, 1.82) is 0 Å². The van der Waals surface area contributed by atoms with Crippen LogP contribution in [0.5, 0.6) is 0 Å². The molecule has 0 radical (unpaired) electrons. The van der Waals surface area contributed by atoms with Crippen LogP contribution in [-0.2, 0) is 0 Å². The largest absolute Gasteiger partial charge is 0.363 e. The lowest BCUT2D eigenvalue weighted by molar-refractivity contribution is 0.0991. The van der Waals surface area contributed by atoms with Crippen molar-refractivity contribution < 1.29 is 4.79 Å². The minimum atomic E-state index is -0.627. The lowest BCUT2D eigenvalue weighted by Gasteiger charge is -1.90. The van der Waals surface area contributed by atoms with Crippen LogP contribution in [0.25, 0.3) is 11.4 Å². The molecule has 2 heterocycles. The van der Waals surface area contributed by atoms with E-state index < -0.39 is 5.91 Å². The molecule has 0 aliphatic heterocycles. The highest BCUT2D eigenvalue weighted by molar-refractivity contribution is 5.89. The number of carbonyl (C=O) groups excluding carboxylic acids is 1. The Labute approximate surface area is 79.2 Å². The Morgan fingerprint density at radius 3 is 2.64 bits per heavy atom. The Kier molecular flexibility index (Phi) is 1.94. The molecule has 0 atom stereocenters. The van der Waals surface area contributed by atoms with Gasteiger partial charge in [0.2, 0.25) is 5.82 Å². The summed E-state index contributed by atoms with van der Waals surface area (Å²) in [7, 11) is 0. The lowest BCUT2D eigenvalue weighted by Crippen LogP contribution is -2.12. The van der Waals surface area contributed by atoms with E-state index in [2.05, 4.69) is 20.2 Å². The van der Waals surface area contributed by atoms with Crippen LogP contribution in [0.15, 0.2) is 24.5 Å². The summed E-state index contributed by atoms with van der Waals surface area (Å²) >= 11 is 0. The van der Waals surface area contributed by atoms with Gasteiger partial charge >= 0.3 is 0 Å². The highest BCUT2D eigenvalue weighted by atomic mass is 16.1. The molecule has 0 saturated carbocycles. The van der Waals surface area contributed by atoms with Gasteiger partial charge in [0.1, 0.15) is 0 Å². The second-order valence-electron chi connectivity index (χ2n) is 2.61. The van der Waals surface area contributed by atoms with Crippen LogP contribution in [0.2, 0.25) is 0 Å². The number of aromatic amines is 1. The number of nitrogens with zero attached hydrogens (tertiary/aromatic N) is 3. The van der Waals surface area contributed by atoms with Crippen LogP contribution in [0, 0.1) is 0 Å². The average Bonchev–Trinajstić information content (AvgIpc) is 2.68. The molecule has 2 aromatic rings. The summed E-state index contributed by atoms with van der Waals surface area (Å²) in [5.41, 5.74) is 5.80. The maximum Gasteiger partial charge on any atom is 0.286 e. The second kappa shape index (κ2) is 3.25. The van der Waals surface area contributed by atoms with Crippen LogP contribution in [0.1, 0.15) is 10.6 Å². The Morgan fingerprint density at radius 1 is 1.36 bits per heavy atom. The van der Waals surface area contributed by atoms with Crippen LogP contribution in [-0.4, -0.2) is 26.1 Å². The molecule has 70 valence electrons. The fourth-order valence-electron chi connectivity index (χ4n) is 1.00. The third-order valence-corrected chi connectivity index (χ3v) is 1.66. The topological polar surface area (TPSA) is 97.6 Å². The van der Waals surface area contributed by atoms with E-state index in [9.17, 15) is 4.79 Å². The summed E-state index contributed by atoms with van der Waals surface area (Å²) in [5.74, 6) is -0.143. The van der Waals surface area contributed by atoms with Crippen molar-refractivity contribution in [3.63, 3.8) is 0 Å². The Bertz CT molecular complexity index is 450. The predicted octanol–water partition coefficient (Wildman–Crippen LogP) is -0.0344. The smallest absolute Gasteiger partial charge is 0.286 e. The molecular formula is C8H7N5O. The third kappa shape index (κ3) is 1.45. The van der Waals surface area contributed by atoms with E-state index >= 15 is 0 Å². The minimum Gasteiger partial charge on any atom is -0.363 e. The van der Waals surface area contributed by atoms with Crippen LogP contribution in [0.4, 0.5) is 0 Å². The quantitative estimate of drug-likeness (QED) is 0.692. The fraction of sp³-hybridized carbons (Fsp3) is 0. The van der Waals surface area contributed by atoms with Crippen molar-refractivity contribution >= 4 is 5.91 Å². The number of hydrogen-bond donors (Lipinski definition) is 2. The number of carbonyl (C=O) groups is 1.